The molecule has 0 saturated heterocycles. The van der Waals surface area contributed by atoms with Gasteiger partial charge in [0.05, 0.1) is 18.2 Å². The first-order valence-corrected chi connectivity index (χ1v) is 3.38. The topological polar surface area (TPSA) is 43.6 Å². The molecule has 2 aromatic heterocycles. The van der Waals surface area contributed by atoms with Gasteiger partial charge in [0.25, 0.3) is 0 Å². The lowest BCUT2D eigenvalue weighted by Crippen LogP contribution is -1.90. The highest BCUT2D eigenvalue weighted by Gasteiger charge is 2.00. The molecule has 0 aliphatic carbocycles. The maximum absolute atomic E-state index is 4.27. The number of imidazole rings is 1. The number of hydrogen-bond acceptors (Lipinski definition) is 3. The molecule has 0 aliphatic rings. The molecular formula is C7H8N4. The van der Waals surface area contributed by atoms with Gasteiger partial charge in [-0.15, -0.1) is 0 Å². The molecule has 2 rings (SSSR count). The van der Waals surface area contributed by atoms with Gasteiger partial charge in [-0.3, -0.25) is 0 Å². The Balaban J connectivity index is 2.87. The third-order valence-corrected chi connectivity index (χ3v) is 1.54. The van der Waals surface area contributed by atoms with Crippen LogP contribution < -0.4 is 0 Å². The number of aryl methyl sites for hydroxylation is 2. The predicted molar refractivity (Wildman–Crippen MR) is 41.0 cm³/mol. The molecule has 0 radical (unpaired) electrons. The van der Waals surface area contributed by atoms with Gasteiger partial charge in [-0.25, -0.2) is 15.0 Å². The van der Waals surface area contributed by atoms with E-state index in [-0.39, 0.29) is 0 Å². The van der Waals surface area contributed by atoms with Crippen LogP contribution >= 0.6 is 0 Å². The van der Waals surface area contributed by atoms with E-state index in [0.717, 1.165) is 11.3 Å². The Morgan fingerprint density at radius 2 is 2.18 bits per heavy atom. The standard InChI is InChI=1S/C7H8N4/c1-5-3-8-6-7(10-5)11(2)4-9-6/h3-4H,1-2H3. The molecule has 0 aliphatic heterocycles. The molecule has 0 saturated carbocycles. The molecule has 4 nitrogen and oxygen atoms in total. The molecule has 4 heteroatoms. The number of rotatable bonds is 0. The SMILES string of the molecule is Cc1cnc2ncn(C)c2n1. The summed E-state index contributed by atoms with van der Waals surface area (Å²) in [7, 11) is 1.91. The third kappa shape index (κ3) is 0.869. The minimum atomic E-state index is 0.707. The number of nitrogens with zero attached hydrogens (tertiary/aromatic N) is 4. The lowest BCUT2D eigenvalue weighted by Gasteiger charge is -1.92. The van der Waals surface area contributed by atoms with Crippen molar-refractivity contribution in [3.63, 3.8) is 0 Å². The lowest BCUT2D eigenvalue weighted by molar-refractivity contribution is 0.926. The molecule has 0 unspecified atom stereocenters. The lowest BCUT2D eigenvalue weighted by atomic mass is 10.5. The number of fused-ring (bicyclic) bond motifs is 1. The van der Waals surface area contributed by atoms with Crippen molar-refractivity contribution in [3.05, 3.63) is 18.2 Å². The van der Waals surface area contributed by atoms with Crippen molar-refractivity contribution < 1.29 is 0 Å². The molecule has 0 bridgehead atoms. The Labute approximate surface area is 63.9 Å². The largest absolute Gasteiger partial charge is 0.317 e. The monoisotopic (exact) mass is 148 g/mol. The zero-order chi connectivity index (χ0) is 7.84. The maximum Gasteiger partial charge on any atom is 0.197 e. The zero-order valence-electron chi connectivity index (χ0n) is 6.44. The Morgan fingerprint density at radius 1 is 1.36 bits per heavy atom. The summed E-state index contributed by atoms with van der Waals surface area (Å²) in [5.74, 6) is 0. The molecule has 2 heterocycles. The van der Waals surface area contributed by atoms with Crippen molar-refractivity contribution in [2.75, 3.05) is 0 Å². The van der Waals surface area contributed by atoms with E-state index in [0.29, 0.717) is 5.65 Å². The van der Waals surface area contributed by atoms with Crippen LogP contribution in [0.4, 0.5) is 0 Å². The zero-order valence-corrected chi connectivity index (χ0v) is 6.44. The van der Waals surface area contributed by atoms with Crippen LogP contribution in [-0.2, 0) is 7.05 Å². The average molecular weight is 148 g/mol. The van der Waals surface area contributed by atoms with Gasteiger partial charge in [0.1, 0.15) is 0 Å². The molecule has 0 amide bonds. The van der Waals surface area contributed by atoms with Crippen LogP contribution in [0.15, 0.2) is 12.5 Å². The minimum absolute atomic E-state index is 0.707. The summed E-state index contributed by atoms with van der Waals surface area (Å²) in [6, 6.07) is 0. The van der Waals surface area contributed by atoms with E-state index in [2.05, 4.69) is 15.0 Å². The molecule has 11 heavy (non-hydrogen) atoms. The van der Waals surface area contributed by atoms with Gasteiger partial charge in [0.2, 0.25) is 0 Å². The van der Waals surface area contributed by atoms with Crippen LogP contribution in [0, 0.1) is 6.92 Å². The first-order chi connectivity index (χ1) is 5.27. The van der Waals surface area contributed by atoms with E-state index in [1.54, 1.807) is 12.5 Å². The van der Waals surface area contributed by atoms with Crippen molar-refractivity contribution in [1.82, 2.24) is 19.5 Å². The Kier molecular flexibility index (Phi) is 1.15. The molecule has 0 spiro atoms. The highest BCUT2D eigenvalue weighted by Crippen LogP contribution is 2.04. The van der Waals surface area contributed by atoms with Gasteiger partial charge in [-0.1, -0.05) is 0 Å². The van der Waals surface area contributed by atoms with E-state index in [1.807, 2.05) is 18.5 Å². The van der Waals surface area contributed by atoms with Crippen LogP contribution in [0.25, 0.3) is 11.3 Å². The second-order valence-corrected chi connectivity index (χ2v) is 2.51. The second kappa shape index (κ2) is 2.02. The maximum atomic E-state index is 4.27. The van der Waals surface area contributed by atoms with Crippen LogP contribution in [0.5, 0.6) is 0 Å². The molecular weight excluding hydrogens is 140 g/mol. The fourth-order valence-electron chi connectivity index (χ4n) is 0.982. The minimum Gasteiger partial charge on any atom is -0.317 e. The molecule has 0 N–H and O–H groups in total. The smallest absolute Gasteiger partial charge is 0.197 e. The summed E-state index contributed by atoms with van der Waals surface area (Å²) in [6.07, 6.45) is 3.43. The average Bonchev–Trinajstić information content (AvgIpc) is 2.33. The van der Waals surface area contributed by atoms with Crippen LogP contribution in [-0.4, -0.2) is 19.5 Å². The van der Waals surface area contributed by atoms with Gasteiger partial charge in [-0.2, -0.15) is 0 Å². The predicted octanol–water partition coefficient (Wildman–Crippen LogP) is 0.672. The summed E-state index contributed by atoms with van der Waals surface area (Å²) >= 11 is 0. The fraction of sp³-hybridized carbons (Fsp3) is 0.286. The summed E-state index contributed by atoms with van der Waals surface area (Å²) in [4.78, 5) is 12.4. The van der Waals surface area contributed by atoms with E-state index in [4.69, 9.17) is 0 Å². The highest BCUT2D eigenvalue weighted by atomic mass is 15.1. The van der Waals surface area contributed by atoms with Gasteiger partial charge in [0, 0.05) is 7.05 Å². The second-order valence-electron chi connectivity index (χ2n) is 2.51. The first kappa shape index (κ1) is 6.27. The third-order valence-electron chi connectivity index (χ3n) is 1.54. The summed E-state index contributed by atoms with van der Waals surface area (Å²) < 4.78 is 1.86. The van der Waals surface area contributed by atoms with Crippen molar-refractivity contribution >= 4 is 11.3 Å². The van der Waals surface area contributed by atoms with Gasteiger partial charge in [-0.05, 0) is 6.92 Å². The van der Waals surface area contributed by atoms with Crippen LogP contribution in [0.1, 0.15) is 5.69 Å². The summed E-state index contributed by atoms with van der Waals surface area (Å²) in [5.41, 5.74) is 2.46. The van der Waals surface area contributed by atoms with E-state index >= 15 is 0 Å². The molecule has 56 valence electrons. The van der Waals surface area contributed by atoms with Gasteiger partial charge < -0.3 is 4.57 Å². The Bertz CT molecular complexity index is 390. The van der Waals surface area contributed by atoms with E-state index in [1.165, 1.54) is 0 Å². The van der Waals surface area contributed by atoms with E-state index in [9.17, 15) is 0 Å². The highest BCUT2D eigenvalue weighted by molar-refractivity contribution is 5.64. The Hall–Kier alpha value is -1.45. The molecule has 0 fully saturated rings. The van der Waals surface area contributed by atoms with E-state index < -0.39 is 0 Å². The fourth-order valence-corrected chi connectivity index (χ4v) is 0.982. The van der Waals surface area contributed by atoms with Crippen LogP contribution in [0.2, 0.25) is 0 Å². The Morgan fingerprint density at radius 3 is 3.00 bits per heavy atom. The van der Waals surface area contributed by atoms with Crippen LogP contribution in [0.3, 0.4) is 0 Å². The molecule has 2 aromatic rings. The first-order valence-electron chi connectivity index (χ1n) is 3.38. The summed E-state index contributed by atoms with van der Waals surface area (Å²) in [6.45, 7) is 1.92. The quantitative estimate of drug-likeness (QED) is 0.551. The van der Waals surface area contributed by atoms with Gasteiger partial charge in [0.15, 0.2) is 11.3 Å². The summed E-state index contributed by atoms with van der Waals surface area (Å²) in [5, 5.41) is 0. The molecule has 0 atom stereocenters. The number of hydrogen-bond donors (Lipinski definition) is 0. The van der Waals surface area contributed by atoms with Crippen molar-refractivity contribution in [2.45, 2.75) is 6.92 Å². The normalized spacial score (nSPS) is 10.7. The van der Waals surface area contributed by atoms with Crippen molar-refractivity contribution in [1.29, 1.82) is 0 Å². The molecule has 0 aromatic carbocycles. The van der Waals surface area contributed by atoms with Crippen molar-refractivity contribution in [3.8, 4) is 0 Å². The van der Waals surface area contributed by atoms with Gasteiger partial charge >= 0.3 is 0 Å². The number of aromatic nitrogens is 4. The van der Waals surface area contributed by atoms with Crippen molar-refractivity contribution in [2.24, 2.45) is 7.05 Å².